The number of nitrogens with one attached hydrogen (secondary N) is 2. The molecule has 0 aromatic rings. The van der Waals surface area contributed by atoms with E-state index >= 15 is 0 Å². The minimum absolute atomic E-state index is 0.0435. The summed E-state index contributed by atoms with van der Waals surface area (Å²) in [6, 6.07) is -4.77. The number of carbonyl (C=O) groups is 6. The predicted molar refractivity (Wildman–Crippen MR) is 140 cm³/mol. The Balaban J connectivity index is 2.11. The van der Waals surface area contributed by atoms with Gasteiger partial charge in [-0.05, 0) is 50.4 Å². The minimum atomic E-state index is -1.14. The van der Waals surface area contributed by atoms with Crippen molar-refractivity contribution >= 4 is 35.6 Å². The summed E-state index contributed by atoms with van der Waals surface area (Å²) in [6.07, 6.45) is 1.81. The lowest BCUT2D eigenvalue weighted by Gasteiger charge is -2.33. The summed E-state index contributed by atoms with van der Waals surface area (Å²) in [7, 11) is 0. The summed E-state index contributed by atoms with van der Waals surface area (Å²) in [4.78, 5) is 77.9. The number of carboxylic acids is 2. The number of hydrogen-bond acceptors (Lipinski definition) is 7. The normalized spacial score (nSPS) is 21.5. The van der Waals surface area contributed by atoms with Gasteiger partial charge in [0.1, 0.15) is 24.2 Å². The molecule has 2 fully saturated rings. The number of likely N-dealkylation sites (tertiary alicyclic amines) is 2. The van der Waals surface area contributed by atoms with E-state index in [2.05, 4.69) is 10.6 Å². The van der Waals surface area contributed by atoms with Crippen molar-refractivity contribution in [2.45, 2.75) is 103 Å². The highest BCUT2D eigenvalue weighted by molar-refractivity contribution is 5.96. The van der Waals surface area contributed by atoms with Gasteiger partial charge in [0.05, 0.1) is 6.04 Å². The zero-order valence-corrected chi connectivity index (χ0v) is 23.2. The molecule has 2 rings (SSSR count). The van der Waals surface area contributed by atoms with Gasteiger partial charge in [-0.2, -0.15) is 0 Å². The van der Waals surface area contributed by atoms with Crippen molar-refractivity contribution in [1.29, 1.82) is 0 Å². The van der Waals surface area contributed by atoms with Crippen LogP contribution < -0.4 is 16.4 Å². The van der Waals surface area contributed by atoms with E-state index in [0.717, 1.165) is 0 Å². The van der Waals surface area contributed by atoms with E-state index in [1.165, 1.54) is 9.80 Å². The van der Waals surface area contributed by atoms with E-state index in [1.807, 2.05) is 13.8 Å². The lowest BCUT2D eigenvalue weighted by Crippen LogP contribution is -2.59. The molecular weight excluding hydrogens is 510 g/mol. The average molecular weight is 554 g/mol. The average Bonchev–Trinajstić information content (AvgIpc) is 3.54. The molecule has 4 amide bonds. The van der Waals surface area contributed by atoms with Gasteiger partial charge in [-0.1, -0.05) is 27.7 Å². The molecule has 0 aliphatic carbocycles. The highest BCUT2D eigenvalue weighted by Gasteiger charge is 2.42. The maximum atomic E-state index is 13.6. The number of rotatable bonds is 13. The number of hydrogen-bond donors (Lipinski definition) is 5. The van der Waals surface area contributed by atoms with Gasteiger partial charge in [0.15, 0.2) is 0 Å². The van der Waals surface area contributed by atoms with Crippen LogP contribution >= 0.6 is 0 Å². The third-order valence-corrected chi connectivity index (χ3v) is 7.22. The molecule has 0 saturated carbocycles. The van der Waals surface area contributed by atoms with Crippen LogP contribution in [0.25, 0.3) is 0 Å². The van der Waals surface area contributed by atoms with Crippen LogP contribution in [0.3, 0.4) is 0 Å². The van der Waals surface area contributed by atoms with Crippen molar-refractivity contribution in [2.75, 3.05) is 13.1 Å². The zero-order valence-electron chi connectivity index (χ0n) is 23.2. The summed E-state index contributed by atoms with van der Waals surface area (Å²) >= 11 is 0. The number of carboxylic acid groups (broad SMARTS) is 2. The Morgan fingerprint density at radius 3 is 1.82 bits per heavy atom. The lowest BCUT2D eigenvalue weighted by atomic mass is 10.0. The summed E-state index contributed by atoms with van der Waals surface area (Å²) in [5, 5.41) is 23.7. The van der Waals surface area contributed by atoms with Gasteiger partial charge < -0.3 is 36.4 Å². The molecule has 0 unspecified atom stereocenters. The molecule has 13 heteroatoms. The lowest BCUT2D eigenvalue weighted by molar-refractivity contribution is -0.146. The second-order valence-corrected chi connectivity index (χ2v) is 11.2. The molecule has 0 aromatic carbocycles. The monoisotopic (exact) mass is 553 g/mol. The number of nitrogens with two attached hydrogens (primary N) is 1. The van der Waals surface area contributed by atoms with Gasteiger partial charge in [0.25, 0.3) is 0 Å². The van der Waals surface area contributed by atoms with Crippen molar-refractivity contribution < 1.29 is 39.0 Å². The Kier molecular flexibility index (Phi) is 11.7. The van der Waals surface area contributed by atoms with Gasteiger partial charge in [-0.3, -0.25) is 24.0 Å². The van der Waals surface area contributed by atoms with Crippen LogP contribution in [0.15, 0.2) is 0 Å². The van der Waals surface area contributed by atoms with Crippen LogP contribution in [0, 0.1) is 11.8 Å². The SMILES string of the molecule is CC(C)C[C@H](NC(=O)[C@@H]1CCCN1C(=O)[C@@H](NC(=O)[C@@H]1CCCN1C(=O)[C@@H](N)CCC(=O)O)C(C)C)C(=O)O. The van der Waals surface area contributed by atoms with Crippen molar-refractivity contribution in [3.05, 3.63) is 0 Å². The topological polar surface area (TPSA) is 199 Å². The van der Waals surface area contributed by atoms with Gasteiger partial charge in [-0.15, -0.1) is 0 Å². The van der Waals surface area contributed by atoms with E-state index in [9.17, 15) is 33.9 Å². The fourth-order valence-electron chi connectivity index (χ4n) is 5.12. The number of carbonyl (C=O) groups excluding carboxylic acids is 4. The molecule has 39 heavy (non-hydrogen) atoms. The van der Waals surface area contributed by atoms with Crippen molar-refractivity contribution in [1.82, 2.24) is 20.4 Å². The quantitative estimate of drug-likeness (QED) is 0.207. The standard InChI is InChI=1S/C26H43N5O8/c1-14(2)13-17(26(38)39)28-22(34)18-7-6-12-31(18)25(37)21(15(3)4)29-23(35)19-8-5-11-30(19)24(36)16(27)9-10-20(32)33/h14-19,21H,5-13,27H2,1-4H3,(H,28,34)(H,29,35)(H,32,33)(H,38,39)/t16-,17-,18-,19-,21-/m0/s1. The number of nitrogens with zero attached hydrogens (tertiary/aromatic N) is 2. The van der Waals surface area contributed by atoms with Crippen LogP contribution in [0.2, 0.25) is 0 Å². The first-order valence-electron chi connectivity index (χ1n) is 13.7. The number of aliphatic carboxylic acids is 2. The molecule has 13 nitrogen and oxygen atoms in total. The molecule has 0 spiro atoms. The Bertz CT molecular complexity index is 939. The fraction of sp³-hybridized carbons (Fsp3) is 0.769. The molecule has 6 N–H and O–H groups in total. The van der Waals surface area contributed by atoms with Crippen LogP contribution in [-0.2, 0) is 28.8 Å². The molecule has 220 valence electrons. The van der Waals surface area contributed by atoms with Crippen LogP contribution in [0.5, 0.6) is 0 Å². The first kappa shape index (κ1) is 32.0. The predicted octanol–water partition coefficient (Wildman–Crippen LogP) is -0.0832. The molecule has 0 bridgehead atoms. The van der Waals surface area contributed by atoms with E-state index in [4.69, 9.17) is 10.8 Å². The molecular formula is C26H43N5O8. The highest BCUT2D eigenvalue weighted by atomic mass is 16.4. The first-order chi connectivity index (χ1) is 18.2. The molecule has 2 heterocycles. The highest BCUT2D eigenvalue weighted by Crippen LogP contribution is 2.23. The van der Waals surface area contributed by atoms with Crippen molar-refractivity contribution in [3.8, 4) is 0 Å². The Labute approximate surface area is 228 Å². The molecule has 5 atom stereocenters. The summed E-state index contributed by atoms with van der Waals surface area (Å²) in [6.45, 7) is 7.82. The Morgan fingerprint density at radius 1 is 0.846 bits per heavy atom. The zero-order chi connectivity index (χ0) is 29.4. The molecule has 2 aliphatic heterocycles. The largest absolute Gasteiger partial charge is 0.481 e. The smallest absolute Gasteiger partial charge is 0.326 e. The van der Waals surface area contributed by atoms with Crippen LogP contribution in [0.1, 0.15) is 72.6 Å². The second-order valence-electron chi connectivity index (χ2n) is 11.2. The molecule has 0 radical (unpaired) electrons. The van der Waals surface area contributed by atoms with Gasteiger partial charge >= 0.3 is 11.9 Å². The number of amides is 4. The van der Waals surface area contributed by atoms with E-state index in [-0.39, 0.29) is 31.1 Å². The van der Waals surface area contributed by atoms with Crippen LogP contribution in [0.4, 0.5) is 0 Å². The van der Waals surface area contributed by atoms with Gasteiger partial charge in [0, 0.05) is 19.5 Å². The summed E-state index contributed by atoms with van der Waals surface area (Å²) in [5.74, 6) is -4.50. The van der Waals surface area contributed by atoms with E-state index < -0.39 is 65.8 Å². The van der Waals surface area contributed by atoms with E-state index in [1.54, 1.807) is 13.8 Å². The Hall–Kier alpha value is -3.22. The van der Waals surface area contributed by atoms with E-state index in [0.29, 0.717) is 38.8 Å². The maximum Gasteiger partial charge on any atom is 0.326 e. The molecule has 0 aromatic heterocycles. The third kappa shape index (κ3) is 8.64. The second kappa shape index (κ2) is 14.2. The Morgan fingerprint density at radius 2 is 1.36 bits per heavy atom. The van der Waals surface area contributed by atoms with Crippen LogP contribution in [-0.4, -0.2) is 98.9 Å². The fourth-order valence-corrected chi connectivity index (χ4v) is 5.12. The first-order valence-corrected chi connectivity index (χ1v) is 13.7. The molecule has 2 aliphatic rings. The van der Waals surface area contributed by atoms with Crippen molar-refractivity contribution in [3.63, 3.8) is 0 Å². The molecule has 2 saturated heterocycles. The minimum Gasteiger partial charge on any atom is -0.481 e. The van der Waals surface area contributed by atoms with Crippen molar-refractivity contribution in [2.24, 2.45) is 17.6 Å². The van der Waals surface area contributed by atoms with Gasteiger partial charge in [-0.25, -0.2) is 4.79 Å². The maximum absolute atomic E-state index is 13.6. The third-order valence-electron chi connectivity index (χ3n) is 7.22. The summed E-state index contributed by atoms with van der Waals surface area (Å²) in [5.41, 5.74) is 5.89. The van der Waals surface area contributed by atoms with Gasteiger partial charge in [0.2, 0.25) is 23.6 Å². The summed E-state index contributed by atoms with van der Waals surface area (Å²) < 4.78 is 0.